The molecule has 21 heavy (non-hydrogen) atoms. The molecule has 0 aromatic carbocycles. The Hall–Kier alpha value is -1.34. The van der Waals surface area contributed by atoms with Gasteiger partial charge < -0.3 is 20.1 Å². The van der Waals surface area contributed by atoms with Gasteiger partial charge in [-0.25, -0.2) is 4.79 Å². The van der Waals surface area contributed by atoms with E-state index in [2.05, 4.69) is 5.32 Å². The highest BCUT2D eigenvalue weighted by Gasteiger charge is 2.37. The average Bonchev–Trinajstić information content (AvgIpc) is 2.45. The second-order valence-electron chi connectivity index (χ2n) is 5.94. The van der Waals surface area contributed by atoms with Gasteiger partial charge in [0.2, 0.25) is 0 Å². The highest BCUT2D eigenvalue weighted by Crippen LogP contribution is 2.34. The molecule has 2 N–H and O–H groups in total. The zero-order valence-corrected chi connectivity index (χ0v) is 12.8. The molecular formula is C14H25N3O4. The number of methoxy groups -OCH3 is 1. The number of carbonyl (C=O) groups is 2. The van der Waals surface area contributed by atoms with Crippen molar-refractivity contribution in [3.05, 3.63) is 0 Å². The van der Waals surface area contributed by atoms with E-state index in [-0.39, 0.29) is 11.6 Å². The van der Waals surface area contributed by atoms with Crippen molar-refractivity contribution in [1.82, 2.24) is 15.1 Å². The van der Waals surface area contributed by atoms with Gasteiger partial charge in [0, 0.05) is 39.8 Å². The van der Waals surface area contributed by atoms with Crippen molar-refractivity contribution in [3.8, 4) is 0 Å². The number of rotatable bonds is 5. The van der Waals surface area contributed by atoms with E-state index in [4.69, 9.17) is 9.84 Å². The highest BCUT2D eigenvalue weighted by molar-refractivity contribution is 5.75. The highest BCUT2D eigenvalue weighted by atomic mass is 16.5. The lowest BCUT2D eigenvalue weighted by Gasteiger charge is -2.41. The molecule has 1 unspecified atom stereocenters. The van der Waals surface area contributed by atoms with E-state index in [1.54, 1.807) is 18.9 Å². The first-order chi connectivity index (χ1) is 9.97. The van der Waals surface area contributed by atoms with E-state index in [0.29, 0.717) is 32.7 Å². The normalized spacial score (nSPS) is 23.2. The Morgan fingerprint density at radius 3 is 2.33 bits per heavy atom. The summed E-state index contributed by atoms with van der Waals surface area (Å²) in [7, 11) is 1.69. The van der Waals surface area contributed by atoms with Crippen LogP contribution in [0.4, 0.5) is 4.79 Å². The lowest BCUT2D eigenvalue weighted by molar-refractivity contribution is -0.143. The van der Waals surface area contributed by atoms with Gasteiger partial charge in [-0.15, -0.1) is 0 Å². The molecule has 0 bridgehead atoms. The summed E-state index contributed by atoms with van der Waals surface area (Å²) in [4.78, 5) is 26.7. The zero-order chi connectivity index (χ0) is 15.5. The molecule has 1 aliphatic carbocycles. The number of hydrogen-bond donors (Lipinski definition) is 2. The van der Waals surface area contributed by atoms with Crippen molar-refractivity contribution >= 4 is 12.0 Å². The standard InChI is InChI=1S/C14H25N3O4/c1-11(12(18)19)16-6-8-17(9-7-16)13(20)15-10-14(21-2)4-3-5-14/h11H,3-10H2,1-2H3,(H,15,20)(H,18,19). The molecule has 0 spiro atoms. The summed E-state index contributed by atoms with van der Waals surface area (Å²) in [6, 6.07) is -0.581. The first kappa shape index (κ1) is 16.0. The maximum absolute atomic E-state index is 12.1. The monoisotopic (exact) mass is 299 g/mol. The van der Waals surface area contributed by atoms with Crippen LogP contribution in [-0.2, 0) is 9.53 Å². The molecule has 2 rings (SSSR count). The molecule has 2 amide bonds. The van der Waals surface area contributed by atoms with Crippen LogP contribution in [0.25, 0.3) is 0 Å². The minimum Gasteiger partial charge on any atom is -0.480 e. The Balaban J connectivity index is 1.74. The van der Waals surface area contributed by atoms with Gasteiger partial charge in [0.1, 0.15) is 6.04 Å². The number of carbonyl (C=O) groups excluding carboxylic acids is 1. The minimum atomic E-state index is -0.820. The fourth-order valence-electron chi connectivity index (χ4n) is 2.84. The second kappa shape index (κ2) is 6.62. The molecule has 1 aliphatic heterocycles. The third-order valence-electron chi connectivity index (χ3n) is 4.77. The number of hydrogen-bond acceptors (Lipinski definition) is 4. The molecule has 0 aromatic heterocycles. The largest absolute Gasteiger partial charge is 0.480 e. The molecule has 0 radical (unpaired) electrons. The second-order valence-corrected chi connectivity index (χ2v) is 5.94. The van der Waals surface area contributed by atoms with E-state index >= 15 is 0 Å². The third-order valence-corrected chi connectivity index (χ3v) is 4.77. The number of aliphatic carboxylic acids is 1. The van der Waals surface area contributed by atoms with Gasteiger partial charge in [-0.3, -0.25) is 9.69 Å². The van der Waals surface area contributed by atoms with Crippen LogP contribution in [0.2, 0.25) is 0 Å². The van der Waals surface area contributed by atoms with Crippen molar-refractivity contribution in [2.24, 2.45) is 0 Å². The van der Waals surface area contributed by atoms with Crippen LogP contribution in [0.15, 0.2) is 0 Å². The Bertz CT molecular complexity index is 384. The SMILES string of the molecule is COC1(CNC(=O)N2CCN(C(C)C(=O)O)CC2)CCC1. The van der Waals surface area contributed by atoms with Gasteiger partial charge in [-0.2, -0.15) is 0 Å². The van der Waals surface area contributed by atoms with E-state index in [1.165, 1.54) is 0 Å². The van der Waals surface area contributed by atoms with Crippen molar-refractivity contribution in [3.63, 3.8) is 0 Å². The van der Waals surface area contributed by atoms with Crippen molar-refractivity contribution in [2.45, 2.75) is 37.8 Å². The number of carboxylic acids is 1. The summed E-state index contributed by atoms with van der Waals surface area (Å²) in [6.45, 7) is 4.53. The maximum Gasteiger partial charge on any atom is 0.320 e. The van der Waals surface area contributed by atoms with Gasteiger partial charge >= 0.3 is 12.0 Å². The molecule has 0 aromatic rings. The molecule has 7 heteroatoms. The van der Waals surface area contributed by atoms with Crippen molar-refractivity contribution < 1.29 is 19.4 Å². The summed E-state index contributed by atoms with van der Waals surface area (Å²) < 4.78 is 5.48. The Morgan fingerprint density at radius 1 is 1.29 bits per heavy atom. The molecule has 120 valence electrons. The first-order valence-corrected chi connectivity index (χ1v) is 7.52. The quantitative estimate of drug-likeness (QED) is 0.766. The van der Waals surface area contributed by atoms with Crippen LogP contribution in [0, 0.1) is 0 Å². The van der Waals surface area contributed by atoms with Crippen LogP contribution in [0.1, 0.15) is 26.2 Å². The van der Waals surface area contributed by atoms with Crippen molar-refractivity contribution in [2.75, 3.05) is 39.8 Å². The van der Waals surface area contributed by atoms with Crippen LogP contribution in [0.3, 0.4) is 0 Å². The summed E-state index contributed by atoms with van der Waals surface area (Å²) >= 11 is 0. The number of nitrogens with zero attached hydrogens (tertiary/aromatic N) is 2. The Labute approximate surface area is 125 Å². The number of nitrogens with one attached hydrogen (secondary N) is 1. The Morgan fingerprint density at radius 2 is 1.90 bits per heavy atom. The molecule has 1 atom stereocenters. The Kier molecular flexibility index (Phi) is 5.05. The zero-order valence-electron chi connectivity index (χ0n) is 12.8. The van der Waals surface area contributed by atoms with Gasteiger partial charge in [0.05, 0.1) is 5.60 Å². The fourth-order valence-corrected chi connectivity index (χ4v) is 2.84. The van der Waals surface area contributed by atoms with Crippen LogP contribution < -0.4 is 5.32 Å². The summed E-state index contributed by atoms with van der Waals surface area (Å²) in [5.74, 6) is -0.820. The summed E-state index contributed by atoms with van der Waals surface area (Å²) in [6.07, 6.45) is 3.14. The predicted molar refractivity (Wildman–Crippen MR) is 77.2 cm³/mol. The van der Waals surface area contributed by atoms with Crippen LogP contribution in [-0.4, -0.2) is 78.4 Å². The number of amides is 2. The average molecular weight is 299 g/mol. The summed E-state index contributed by atoms with van der Waals surface area (Å²) in [5.41, 5.74) is -0.171. The molecular weight excluding hydrogens is 274 g/mol. The first-order valence-electron chi connectivity index (χ1n) is 7.52. The van der Waals surface area contributed by atoms with Gasteiger partial charge in [0.15, 0.2) is 0 Å². The molecule has 1 saturated heterocycles. The van der Waals surface area contributed by atoms with E-state index in [1.807, 2.05) is 4.90 Å². The molecule has 7 nitrogen and oxygen atoms in total. The fraction of sp³-hybridized carbons (Fsp3) is 0.857. The van der Waals surface area contributed by atoms with Crippen molar-refractivity contribution in [1.29, 1.82) is 0 Å². The van der Waals surface area contributed by atoms with Gasteiger partial charge in [-0.1, -0.05) is 0 Å². The van der Waals surface area contributed by atoms with Gasteiger partial charge in [-0.05, 0) is 26.2 Å². The lowest BCUT2D eigenvalue weighted by atomic mass is 9.80. The van der Waals surface area contributed by atoms with Crippen LogP contribution >= 0.6 is 0 Å². The number of urea groups is 1. The molecule has 2 aliphatic rings. The third kappa shape index (κ3) is 3.65. The van der Waals surface area contributed by atoms with E-state index in [0.717, 1.165) is 19.3 Å². The maximum atomic E-state index is 12.1. The smallest absolute Gasteiger partial charge is 0.320 e. The molecule has 1 heterocycles. The van der Waals surface area contributed by atoms with E-state index in [9.17, 15) is 9.59 Å². The minimum absolute atomic E-state index is 0.0825. The number of piperazine rings is 1. The topological polar surface area (TPSA) is 82.1 Å². The van der Waals surface area contributed by atoms with E-state index < -0.39 is 12.0 Å². The molecule has 1 saturated carbocycles. The molecule has 2 fully saturated rings. The predicted octanol–water partition coefficient (Wildman–Crippen LogP) is 0.356. The number of ether oxygens (including phenoxy) is 1. The van der Waals surface area contributed by atoms with Gasteiger partial charge in [0.25, 0.3) is 0 Å². The summed E-state index contributed by atoms with van der Waals surface area (Å²) in [5, 5.41) is 11.9. The number of carboxylic acid groups (broad SMARTS) is 1. The lowest BCUT2D eigenvalue weighted by Crippen LogP contribution is -2.57. The van der Waals surface area contributed by atoms with Crippen LogP contribution in [0.5, 0.6) is 0 Å².